The third-order valence-electron chi connectivity index (χ3n) is 5.43. The van der Waals surface area contributed by atoms with Crippen LogP contribution in [-0.4, -0.2) is 42.5 Å². The van der Waals surface area contributed by atoms with Crippen LogP contribution in [0.5, 0.6) is 0 Å². The predicted molar refractivity (Wildman–Crippen MR) is 96.1 cm³/mol. The first-order chi connectivity index (χ1) is 12.6. The van der Waals surface area contributed by atoms with Crippen LogP contribution in [0.1, 0.15) is 50.2 Å². The molecule has 1 atom stereocenters. The van der Waals surface area contributed by atoms with E-state index in [-0.39, 0.29) is 11.8 Å². The van der Waals surface area contributed by atoms with E-state index in [4.69, 9.17) is 4.74 Å². The van der Waals surface area contributed by atoms with Crippen LogP contribution in [0.4, 0.5) is 0 Å². The Bertz CT molecular complexity index is 719. The molecule has 0 spiro atoms. The highest BCUT2D eigenvalue weighted by Gasteiger charge is 2.40. The SMILES string of the molecule is CCC(C(=O)NC1(c2cccc(C#N)c2)CCOCC1)N1CCCC1=O. The molecule has 3 rings (SSSR count). The number of nitrogens with zero attached hydrogens (tertiary/aromatic N) is 2. The van der Waals surface area contributed by atoms with Crippen LogP contribution in [-0.2, 0) is 19.9 Å². The van der Waals surface area contributed by atoms with Crippen molar-refractivity contribution in [2.24, 2.45) is 0 Å². The third kappa shape index (κ3) is 3.58. The normalized spacial score (nSPS) is 20.5. The first-order valence-corrected chi connectivity index (χ1v) is 9.29. The maximum Gasteiger partial charge on any atom is 0.243 e. The van der Waals surface area contributed by atoms with Gasteiger partial charge in [-0.2, -0.15) is 5.26 Å². The van der Waals surface area contributed by atoms with Gasteiger partial charge in [-0.25, -0.2) is 0 Å². The highest BCUT2D eigenvalue weighted by molar-refractivity contribution is 5.89. The van der Waals surface area contributed by atoms with Crippen molar-refractivity contribution in [3.63, 3.8) is 0 Å². The highest BCUT2D eigenvalue weighted by atomic mass is 16.5. The minimum absolute atomic E-state index is 0.0551. The summed E-state index contributed by atoms with van der Waals surface area (Å²) in [5.74, 6) is -0.0634. The van der Waals surface area contributed by atoms with Gasteiger partial charge in [-0.15, -0.1) is 0 Å². The lowest BCUT2D eigenvalue weighted by Gasteiger charge is -2.40. The monoisotopic (exact) mass is 355 g/mol. The average molecular weight is 355 g/mol. The molecule has 1 aromatic carbocycles. The average Bonchev–Trinajstić information content (AvgIpc) is 3.09. The van der Waals surface area contributed by atoms with Gasteiger partial charge in [-0.05, 0) is 43.4 Å². The molecule has 1 N–H and O–H groups in total. The third-order valence-corrected chi connectivity index (χ3v) is 5.43. The Morgan fingerprint density at radius 3 is 2.81 bits per heavy atom. The number of nitrogens with one attached hydrogen (secondary N) is 1. The lowest BCUT2D eigenvalue weighted by atomic mass is 9.81. The first kappa shape index (κ1) is 18.4. The van der Waals surface area contributed by atoms with Gasteiger partial charge < -0.3 is 15.0 Å². The highest BCUT2D eigenvalue weighted by Crippen LogP contribution is 2.33. The van der Waals surface area contributed by atoms with Crippen LogP contribution in [0.3, 0.4) is 0 Å². The number of amides is 2. The van der Waals surface area contributed by atoms with Crippen LogP contribution >= 0.6 is 0 Å². The van der Waals surface area contributed by atoms with Crippen molar-refractivity contribution in [2.45, 2.75) is 50.6 Å². The molecule has 0 aromatic heterocycles. The predicted octanol–water partition coefficient (Wildman–Crippen LogP) is 2.08. The number of carbonyl (C=O) groups is 2. The van der Waals surface area contributed by atoms with Gasteiger partial charge in [0.25, 0.3) is 0 Å². The van der Waals surface area contributed by atoms with Gasteiger partial charge in [0.05, 0.1) is 17.2 Å². The fraction of sp³-hybridized carbons (Fsp3) is 0.550. The van der Waals surface area contributed by atoms with E-state index in [9.17, 15) is 14.9 Å². The second-order valence-electron chi connectivity index (χ2n) is 6.99. The smallest absolute Gasteiger partial charge is 0.243 e. The second-order valence-corrected chi connectivity index (χ2v) is 6.99. The lowest BCUT2D eigenvalue weighted by molar-refractivity contribution is -0.139. The molecular weight excluding hydrogens is 330 g/mol. The number of hydrogen-bond donors (Lipinski definition) is 1. The molecule has 2 heterocycles. The van der Waals surface area contributed by atoms with Gasteiger partial charge in [0.15, 0.2) is 0 Å². The van der Waals surface area contributed by atoms with Gasteiger partial charge >= 0.3 is 0 Å². The number of carbonyl (C=O) groups excluding carboxylic acids is 2. The maximum absolute atomic E-state index is 13.1. The molecule has 0 radical (unpaired) electrons. The number of ether oxygens (including phenoxy) is 1. The number of rotatable bonds is 5. The Morgan fingerprint density at radius 2 is 2.19 bits per heavy atom. The van der Waals surface area contributed by atoms with Gasteiger partial charge in [-0.1, -0.05) is 19.1 Å². The van der Waals surface area contributed by atoms with Crippen LogP contribution in [0, 0.1) is 11.3 Å². The van der Waals surface area contributed by atoms with Crippen LogP contribution in [0.15, 0.2) is 24.3 Å². The Morgan fingerprint density at radius 1 is 1.42 bits per heavy atom. The molecule has 2 fully saturated rings. The molecule has 26 heavy (non-hydrogen) atoms. The molecule has 6 nitrogen and oxygen atoms in total. The molecule has 2 saturated heterocycles. The summed E-state index contributed by atoms with van der Waals surface area (Å²) in [5.41, 5.74) is 0.943. The summed E-state index contributed by atoms with van der Waals surface area (Å²) in [6.07, 6.45) is 3.22. The Kier molecular flexibility index (Phi) is 5.58. The zero-order chi connectivity index (χ0) is 18.6. The molecular formula is C20H25N3O3. The van der Waals surface area contributed by atoms with E-state index >= 15 is 0 Å². The molecule has 138 valence electrons. The van der Waals surface area contributed by atoms with Crippen LogP contribution in [0.25, 0.3) is 0 Å². The summed E-state index contributed by atoms with van der Waals surface area (Å²) in [5, 5.41) is 12.4. The van der Waals surface area contributed by atoms with Crippen molar-refractivity contribution in [3.05, 3.63) is 35.4 Å². The number of nitriles is 1. The quantitative estimate of drug-likeness (QED) is 0.877. The summed E-state index contributed by atoms with van der Waals surface area (Å²) in [4.78, 5) is 26.9. The van der Waals surface area contributed by atoms with Gasteiger partial charge in [0.1, 0.15) is 6.04 Å². The summed E-state index contributed by atoms with van der Waals surface area (Å²) < 4.78 is 5.51. The van der Waals surface area contributed by atoms with Crippen molar-refractivity contribution in [1.82, 2.24) is 10.2 Å². The Balaban J connectivity index is 1.87. The van der Waals surface area contributed by atoms with Crippen LogP contribution < -0.4 is 5.32 Å². The van der Waals surface area contributed by atoms with Gasteiger partial charge in [-0.3, -0.25) is 9.59 Å². The van der Waals surface area contributed by atoms with Gasteiger partial charge in [0, 0.05) is 26.2 Å². The largest absolute Gasteiger partial charge is 0.381 e. The second kappa shape index (κ2) is 7.88. The van der Waals surface area contributed by atoms with Crippen molar-refractivity contribution in [3.8, 4) is 6.07 Å². The van der Waals surface area contributed by atoms with Crippen molar-refractivity contribution < 1.29 is 14.3 Å². The minimum Gasteiger partial charge on any atom is -0.381 e. The summed E-state index contributed by atoms with van der Waals surface area (Å²) >= 11 is 0. The zero-order valence-electron chi connectivity index (χ0n) is 15.2. The fourth-order valence-electron chi connectivity index (χ4n) is 3.96. The molecule has 6 heteroatoms. The summed E-state index contributed by atoms with van der Waals surface area (Å²) in [6.45, 7) is 3.68. The van der Waals surface area contributed by atoms with E-state index in [1.54, 1.807) is 11.0 Å². The molecule has 1 aromatic rings. The number of hydrogen-bond acceptors (Lipinski definition) is 4. The van der Waals surface area contributed by atoms with Crippen molar-refractivity contribution in [1.29, 1.82) is 5.26 Å². The lowest BCUT2D eigenvalue weighted by Crippen LogP contribution is -2.56. The molecule has 0 aliphatic carbocycles. The molecule has 0 saturated carbocycles. The number of likely N-dealkylation sites (tertiary alicyclic amines) is 1. The Labute approximate surface area is 154 Å². The molecule has 1 unspecified atom stereocenters. The van der Waals surface area contributed by atoms with E-state index < -0.39 is 11.6 Å². The van der Waals surface area contributed by atoms with E-state index in [1.807, 2.05) is 25.1 Å². The molecule has 2 aliphatic rings. The molecule has 0 bridgehead atoms. The maximum atomic E-state index is 13.1. The first-order valence-electron chi connectivity index (χ1n) is 9.29. The topological polar surface area (TPSA) is 82.4 Å². The number of benzene rings is 1. The molecule has 2 aliphatic heterocycles. The minimum atomic E-state index is -0.557. The fourth-order valence-corrected chi connectivity index (χ4v) is 3.96. The van der Waals surface area contributed by atoms with E-state index in [2.05, 4.69) is 11.4 Å². The standard InChI is InChI=1S/C20H25N3O3/c1-2-17(23-10-4-7-18(23)24)19(25)22-20(8-11-26-12-9-20)16-6-3-5-15(13-16)14-21/h3,5-6,13,17H,2,4,7-12H2,1H3,(H,22,25). The van der Waals surface area contributed by atoms with Crippen molar-refractivity contribution >= 4 is 11.8 Å². The van der Waals surface area contributed by atoms with Crippen molar-refractivity contribution in [2.75, 3.05) is 19.8 Å². The molecule has 2 amide bonds. The Hall–Kier alpha value is -2.39. The van der Waals surface area contributed by atoms with E-state index in [0.717, 1.165) is 12.0 Å². The van der Waals surface area contributed by atoms with Crippen LogP contribution in [0.2, 0.25) is 0 Å². The summed E-state index contributed by atoms with van der Waals surface area (Å²) in [6, 6.07) is 9.12. The zero-order valence-corrected chi connectivity index (χ0v) is 15.2. The van der Waals surface area contributed by atoms with E-state index in [1.165, 1.54) is 0 Å². The summed E-state index contributed by atoms with van der Waals surface area (Å²) in [7, 11) is 0. The van der Waals surface area contributed by atoms with E-state index in [0.29, 0.717) is 51.0 Å². The van der Waals surface area contributed by atoms with Gasteiger partial charge in [0.2, 0.25) is 11.8 Å².